The summed E-state index contributed by atoms with van der Waals surface area (Å²) in [5, 5.41) is 3.70. The van der Waals surface area contributed by atoms with Crippen molar-refractivity contribution in [3.63, 3.8) is 0 Å². The lowest BCUT2D eigenvalue weighted by molar-refractivity contribution is 0.391. The molecule has 1 nitrogen and oxygen atoms in total. The van der Waals surface area contributed by atoms with Crippen LogP contribution in [0.25, 0.3) is 0 Å². The van der Waals surface area contributed by atoms with Crippen molar-refractivity contribution in [3.05, 3.63) is 70.5 Å². The molecule has 0 aliphatic heterocycles. The topological polar surface area (TPSA) is 12.0 Å². The summed E-state index contributed by atoms with van der Waals surface area (Å²) in [7, 11) is 0. The van der Waals surface area contributed by atoms with Gasteiger partial charge in [-0.1, -0.05) is 61.8 Å². The predicted molar refractivity (Wildman–Crippen MR) is 87.1 cm³/mol. The van der Waals surface area contributed by atoms with Gasteiger partial charge in [-0.3, -0.25) is 0 Å². The van der Waals surface area contributed by atoms with Gasteiger partial charge < -0.3 is 5.32 Å². The van der Waals surface area contributed by atoms with Gasteiger partial charge in [0.1, 0.15) is 5.82 Å². The van der Waals surface area contributed by atoms with Crippen LogP contribution in [0.1, 0.15) is 31.0 Å². The van der Waals surface area contributed by atoms with E-state index >= 15 is 0 Å². The van der Waals surface area contributed by atoms with Crippen LogP contribution < -0.4 is 5.32 Å². The van der Waals surface area contributed by atoms with Crippen LogP contribution in [0.15, 0.2) is 48.5 Å². The SMILES string of the molecule is CCNC(c1ccccc1)C(C)Cc1ccc(Cl)c(F)c1. The highest BCUT2D eigenvalue weighted by Gasteiger charge is 2.18. The zero-order valence-electron chi connectivity index (χ0n) is 12.4. The molecule has 21 heavy (non-hydrogen) atoms. The predicted octanol–water partition coefficient (Wildman–Crippen LogP) is 5.01. The zero-order chi connectivity index (χ0) is 15.2. The van der Waals surface area contributed by atoms with Gasteiger partial charge in [-0.2, -0.15) is 0 Å². The summed E-state index contributed by atoms with van der Waals surface area (Å²) in [6.45, 7) is 5.19. The van der Waals surface area contributed by atoms with Crippen molar-refractivity contribution in [1.29, 1.82) is 0 Å². The molecule has 3 heteroatoms. The number of benzene rings is 2. The third kappa shape index (κ3) is 4.29. The van der Waals surface area contributed by atoms with Crippen LogP contribution in [0.3, 0.4) is 0 Å². The second-order valence-electron chi connectivity index (χ2n) is 5.38. The molecule has 0 radical (unpaired) electrons. The highest BCUT2D eigenvalue weighted by Crippen LogP contribution is 2.26. The number of halogens is 2. The zero-order valence-corrected chi connectivity index (χ0v) is 13.2. The van der Waals surface area contributed by atoms with Gasteiger partial charge in [0.25, 0.3) is 0 Å². The van der Waals surface area contributed by atoms with Gasteiger partial charge in [-0.25, -0.2) is 4.39 Å². The van der Waals surface area contributed by atoms with E-state index in [2.05, 4.69) is 31.3 Å². The van der Waals surface area contributed by atoms with Gasteiger partial charge in [0, 0.05) is 6.04 Å². The molecule has 0 aliphatic carbocycles. The Morgan fingerprint density at radius 2 is 1.86 bits per heavy atom. The maximum absolute atomic E-state index is 13.6. The first-order chi connectivity index (χ1) is 10.1. The number of hydrogen-bond donors (Lipinski definition) is 1. The minimum atomic E-state index is -0.346. The summed E-state index contributed by atoms with van der Waals surface area (Å²) in [5.41, 5.74) is 2.24. The van der Waals surface area contributed by atoms with E-state index in [4.69, 9.17) is 11.6 Å². The summed E-state index contributed by atoms with van der Waals surface area (Å²) >= 11 is 5.74. The van der Waals surface area contributed by atoms with Gasteiger partial charge in [-0.05, 0) is 42.1 Å². The minimum Gasteiger partial charge on any atom is -0.310 e. The number of rotatable bonds is 6. The molecule has 2 aromatic rings. The van der Waals surface area contributed by atoms with Gasteiger partial charge in [0.2, 0.25) is 0 Å². The lowest BCUT2D eigenvalue weighted by atomic mass is 9.89. The molecular formula is C18H21ClFN. The lowest BCUT2D eigenvalue weighted by Gasteiger charge is -2.25. The van der Waals surface area contributed by atoms with E-state index in [1.54, 1.807) is 6.07 Å². The van der Waals surface area contributed by atoms with E-state index in [0.29, 0.717) is 5.92 Å². The molecule has 2 aromatic carbocycles. The average Bonchev–Trinajstić information content (AvgIpc) is 2.49. The Morgan fingerprint density at radius 1 is 1.14 bits per heavy atom. The van der Waals surface area contributed by atoms with Crippen LogP contribution in [0, 0.1) is 11.7 Å². The van der Waals surface area contributed by atoms with Gasteiger partial charge in [0.15, 0.2) is 0 Å². The van der Waals surface area contributed by atoms with Crippen LogP contribution in [-0.4, -0.2) is 6.54 Å². The van der Waals surface area contributed by atoms with E-state index < -0.39 is 0 Å². The second-order valence-corrected chi connectivity index (χ2v) is 5.78. The molecule has 2 rings (SSSR count). The molecule has 0 amide bonds. The molecule has 0 aliphatic rings. The molecule has 0 saturated carbocycles. The minimum absolute atomic E-state index is 0.178. The van der Waals surface area contributed by atoms with Crippen molar-refractivity contribution in [2.45, 2.75) is 26.3 Å². The van der Waals surface area contributed by atoms with Crippen molar-refractivity contribution in [3.8, 4) is 0 Å². The van der Waals surface area contributed by atoms with Crippen molar-refractivity contribution in [1.82, 2.24) is 5.32 Å². The molecule has 0 fully saturated rings. The van der Waals surface area contributed by atoms with Gasteiger partial charge in [-0.15, -0.1) is 0 Å². The van der Waals surface area contributed by atoms with Gasteiger partial charge in [0.05, 0.1) is 5.02 Å². The third-order valence-corrected chi connectivity index (χ3v) is 4.00. The van der Waals surface area contributed by atoms with Crippen LogP contribution >= 0.6 is 11.6 Å². The first-order valence-electron chi connectivity index (χ1n) is 7.34. The molecule has 0 spiro atoms. The highest BCUT2D eigenvalue weighted by molar-refractivity contribution is 6.30. The molecule has 0 heterocycles. The first-order valence-corrected chi connectivity index (χ1v) is 7.72. The fourth-order valence-electron chi connectivity index (χ4n) is 2.68. The van der Waals surface area contributed by atoms with Crippen molar-refractivity contribution >= 4 is 11.6 Å². The molecule has 2 atom stereocenters. The average molecular weight is 306 g/mol. The summed E-state index contributed by atoms with van der Waals surface area (Å²) in [6, 6.07) is 15.7. The normalized spacial score (nSPS) is 13.9. The summed E-state index contributed by atoms with van der Waals surface area (Å²) in [6.07, 6.45) is 0.806. The molecule has 2 unspecified atom stereocenters. The summed E-state index contributed by atoms with van der Waals surface area (Å²) in [4.78, 5) is 0. The van der Waals surface area contributed by atoms with Crippen molar-refractivity contribution in [2.75, 3.05) is 6.54 Å². The van der Waals surface area contributed by atoms with Crippen molar-refractivity contribution in [2.24, 2.45) is 5.92 Å². The monoisotopic (exact) mass is 305 g/mol. The lowest BCUT2D eigenvalue weighted by Crippen LogP contribution is -2.28. The van der Waals surface area contributed by atoms with Crippen LogP contribution in [-0.2, 0) is 6.42 Å². The molecular weight excluding hydrogens is 285 g/mol. The van der Waals surface area contributed by atoms with Crippen LogP contribution in [0.4, 0.5) is 4.39 Å². The number of hydrogen-bond acceptors (Lipinski definition) is 1. The molecule has 112 valence electrons. The Labute approximate surface area is 131 Å². The fraction of sp³-hybridized carbons (Fsp3) is 0.333. The highest BCUT2D eigenvalue weighted by atomic mass is 35.5. The Bertz CT molecular complexity index is 571. The summed E-state index contributed by atoms with van der Waals surface area (Å²) in [5.74, 6) is 0.00834. The third-order valence-electron chi connectivity index (χ3n) is 3.69. The summed E-state index contributed by atoms with van der Waals surface area (Å²) < 4.78 is 13.6. The van der Waals surface area contributed by atoms with E-state index in [9.17, 15) is 4.39 Å². The molecule has 0 bridgehead atoms. The van der Waals surface area contributed by atoms with Crippen LogP contribution in [0.5, 0.6) is 0 Å². The first kappa shape index (κ1) is 16.0. The maximum Gasteiger partial charge on any atom is 0.142 e. The second kappa shape index (κ2) is 7.58. The smallest absolute Gasteiger partial charge is 0.142 e. The Morgan fingerprint density at radius 3 is 2.48 bits per heavy atom. The van der Waals surface area contributed by atoms with E-state index in [1.807, 2.05) is 24.3 Å². The Balaban J connectivity index is 2.15. The maximum atomic E-state index is 13.6. The van der Waals surface area contributed by atoms with E-state index in [-0.39, 0.29) is 16.9 Å². The van der Waals surface area contributed by atoms with Crippen molar-refractivity contribution < 1.29 is 4.39 Å². The van der Waals surface area contributed by atoms with E-state index in [1.165, 1.54) is 11.6 Å². The quantitative estimate of drug-likeness (QED) is 0.791. The molecule has 1 N–H and O–H groups in total. The van der Waals surface area contributed by atoms with Gasteiger partial charge >= 0.3 is 0 Å². The Hall–Kier alpha value is -1.38. The molecule has 0 aromatic heterocycles. The largest absolute Gasteiger partial charge is 0.310 e. The van der Waals surface area contributed by atoms with Crippen LogP contribution in [0.2, 0.25) is 5.02 Å². The number of nitrogens with one attached hydrogen (secondary N) is 1. The fourth-order valence-corrected chi connectivity index (χ4v) is 2.80. The standard InChI is InChI=1S/C18H21ClFN/c1-3-21-18(15-7-5-4-6-8-15)13(2)11-14-9-10-16(19)17(20)12-14/h4-10,12-13,18,21H,3,11H2,1-2H3. The van der Waals surface area contributed by atoms with E-state index in [0.717, 1.165) is 18.5 Å². The molecule has 0 saturated heterocycles. The Kier molecular flexibility index (Phi) is 5.77.